The molecule has 17 heavy (non-hydrogen) atoms. The second kappa shape index (κ2) is 3.80. The molecule has 1 aliphatic carbocycles. The van der Waals surface area contributed by atoms with Crippen molar-refractivity contribution in [2.45, 2.75) is 23.6 Å². The molecule has 0 spiro atoms. The summed E-state index contributed by atoms with van der Waals surface area (Å²) in [5, 5.41) is -0.553. The second-order valence-corrected chi connectivity index (χ2v) is 7.12. The zero-order valence-corrected chi connectivity index (χ0v) is 10.9. The lowest BCUT2D eigenvalue weighted by Crippen LogP contribution is -2.38. The summed E-state index contributed by atoms with van der Waals surface area (Å²) in [4.78, 5) is 0. The van der Waals surface area contributed by atoms with Crippen LogP contribution in [0.15, 0.2) is 24.3 Å². The largest absolute Gasteiger partial charge is 0.329 e. The van der Waals surface area contributed by atoms with E-state index < -0.39 is 20.6 Å². The Bertz CT molecular complexity index is 524. The lowest BCUT2D eigenvalue weighted by molar-refractivity contribution is 0.591. The Morgan fingerprint density at radius 1 is 1.29 bits per heavy atom. The number of rotatable bonds is 3. The third-order valence-electron chi connectivity index (χ3n) is 3.55. The van der Waals surface area contributed by atoms with Gasteiger partial charge in [0.25, 0.3) is 0 Å². The molecule has 1 saturated carbocycles. The van der Waals surface area contributed by atoms with Gasteiger partial charge in [-0.15, -0.1) is 0 Å². The molecule has 94 valence electrons. The van der Waals surface area contributed by atoms with E-state index in [9.17, 15) is 8.42 Å². The fourth-order valence-corrected chi connectivity index (χ4v) is 4.44. The van der Waals surface area contributed by atoms with Crippen LogP contribution < -0.4 is 11.5 Å². The highest BCUT2D eigenvalue weighted by Gasteiger charge is 2.67. The number of hydrogen-bond donors (Lipinski definition) is 2. The average molecular weight is 254 g/mol. The summed E-state index contributed by atoms with van der Waals surface area (Å²) in [5.74, 6) is -0.178. The summed E-state index contributed by atoms with van der Waals surface area (Å²) < 4.78 is 23.4. The number of sulfone groups is 1. The van der Waals surface area contributed by atoms with Crippen LogP contribution in [0.4, 0.5) is 0 Å². The molecule has 4 N–H and O–H groups in total. The van der Waals surface area contributed by atoms with Crippen molar-refractivity contribution in [1.29, 1.82) is 0 Å². The molecule has 1 aliphatic rings. The van der Waals surface area contributed by atoms with E-state index in [0.29, 0.717) is 0 Å². The van der Waals surface area contributed by atoms with Crippen molar-refractivity contribution in [3.63, 3.8) is 0 Å². The Hall–Kier alpha value is -0.910. The van der Waals surface area contributed by atoms with Gasteiger partial charge in [0.2, 0.25) is 0 Å². The maximum Gasteiger partial charge on any atom is 0.152 e. The van der Waals surface area contributed by atoms with Crippen LogP contribution in [-0.4, -0.2) is 32.0 Å². The van der Waals surface area contributed by atoms with Gasteiger partial charge in [-0.3, -0.25) is 0 Å². The molecule has 0 aromatic heterocycles. The van der Waals surface area contributed by atoms with Gasteiger partial charge in [-0.2, -0.15) is 0 Å². The first-order valence-corrected chi connectivity index (χ1v) is 7.50. The molecule has 0 amide bonds. The Morgan fingerprint density at radius 3 is 2.18 bits per heavy atom. The van der Waals surface area contributed by atoms with Crippen LogP contribution >= 0.6 is 0 Å². The van der Waals surface area contributed by atoms with Gasteiger partial charge in [0, 0.05) is 18.7 Å². The molecule has 1 aromatic carbocycles. The van der Waals surface area contributed by atoms with Crippen molar-refractivity contribution in [3.05, 3.63) is 35.4 Å². The van der Waals surface area contributed by atoms with Crippen LogP contribution in [0.2, 0.25) is 0 Å². The number of benzene rings is 1. The summed E-state index contributed by atoms with van der Waals surface area (Å²) in [5.41, 5.74) is 13.0. The predicted octanol–water partition coefficient (Wildman–Crippen LogP) is 0.162. The van der Waals surface area contributed by atoms with Crippen LogP contribution in [0.25, 0.3) is 0 Å². The highest BCUT2D eigenvalue weighted by atomic mass is 32.2. The first-order valence-electron chi connectivity index (χ1n) is 5.55. The van der Waals surface area contributed by atoms with E-state index in [1.165, 1.54) is 6.26 Å². The van der Waals surface area contributed by atoms with Gasteiger partial charge in [-0.25, -0.2) is 8.42 Å². The lowest BCUT2D eigenvalue weighted by Gasteiger charge is -2.07. The summed E-state index contributed by atoms with van der Waals surface area (Å²) in [6, 6.07) is 7.79. The molecule has 3 atom stereocenters. The smallest absolute Gasteiger partial charge is 0.152 e. The van der Waals surface area contributed by atoms with Gasteiger partial charge in [0.1, 0.15) is 0 Å². The molecular formula is C12H18N2O2S. The first-order chi connectivity index (χ1) is 7.80. The maximum absolute atomic E-state index is 11.7. The quantitative estimate of drug-likeness (QED) is 0.804. The van der Waals surface area contributed by atoms with E-state index in [1.807, 2.05) is 31.2 Å². The lowest BCUT2D eigenvalue weighted by atomic mass is 10.1. The summed E-state index contributed by atoms with van der Waals surface area (Å²) in [6.07, 6.45) is 1.23. The van der Waals surface area contributed by atoms with Crippen LogP contribution in [0.1, 0.15) is 17.0 Å². The van der Waals surface area contributed by atoms with Crippen molar-refractivity contribution >= 4 is 9.84 Å². The molecule has 0 bridgehead atoms. The van der Waals surface area contributed by atoms with E-state index in [2.05, 4.69) is 0 Å². The van der Waals surface area contributed by atoms with Crippen molar-refractivity contribution in [3.8, 4) is 0 Å². The van der Waals surface area contributed by atoms with Gasteiger partial charge in [0.15, 0.2) is 9.84 Å². The Kier molecular flexibility index (Phi) is 2.80. The minimum atomic E-state index is -3.16. The van der Waals surface area contributed by atoms with Gasteiger partial charge in [0.05, 0.1) is 10.8 Å². The topological polar surface area (TPSA) is 86.2 Å². The maximum atomic E-state index is 11.7. The highest BCUT2D eigenvalue weighted by Crippen LogP contribution is 2.53. The normalized spacial score (nSPS) is 32.5. The molecular weight excluding hydrogens is 236 g/mol. The van der Waals surface area contributed by atoms with E-state index in [0.717, 1.165) is 11.1 Å². The average Bonchev–Trinajstić information content (AvgIpc) is 2.87. The van der Waals surface area contributed by atoms with Crippen molar-refractivity contribution in [1.82, 2.24) is 0 Å². The summed E-state index contributed by atoms with van der Waals surface area (Å²) in [7, 11) is -3.16. The molecule has 4 nitrogen and oxygen atoms in total. The van der Waals surface area contributed by atoms with E-state index in [-0.39, 0.29) is 12.5 Å². The summed E-state index contributed by atoms with van der Waals surface area (Å²) >= 11 is 0. The molecule has 0 aliphatic heterocycles. The molecule has 2 rings (SSSR count). The SMILES string of the molecule is Cc1ccc([C@@H]2[C@H](S(C)(=O)=O)[C@]2(N)CN)cc1. The monoisotopic (exact) mass is 254 g/mol. The number of aryl methyl sites for hydroxylation is 1. The Balaban J connectivity index is 2.37. The van der Waals surface area contributed by atoms with Crippen molar-refractivity contribution in [2.24, 2.45) is 11.5 Å². The van der Waals surface area contributed by atoms with E-state index >= 15 is 0 Å². The van der Waals surface area contributed by atoms with Gasteiger partial charge < -0.3 is 11.5 Å². The van der Waals surface area contributed by atoms with Crippen LogP contribution in [0.5, 0.6) is 0 Å². The number of hydrogen-bond acceptors (Lipinski definition) is 4. The molecule has 1 fully saturated rings. The molecule has 1 aromatic rings. The van der Waals surface area contributed by atoms with Crippen LogP contribution in [0.3, 0.4) is 0 Å². The highest BCUT2D eigenvalue weighted by molar-refractivity contribution is 7.91. The Labute approximate surface area is 102 Å². The first kappa shape index (κ1) is 12.5. The zero-order valence-electron chi connectivity index (χ0n) is 10.1. The minimum Gasteiger partial charge on any atom is -0.329 e. The Morgan fingerprint density at radius 2 is 1.82 bits per heavy atom. The molecule has 5 heteroatoms. The summed E-state index contributed by atoms with van der Waals surface area (Å²) in [6.45, 7) is 2.17. The molecule has 0 unspecified atom stereocenters. The third-order valence-corrected chi connectivity index (χ3v) is 5.19. The fourth-order valence-electron chi connectivity index (χ4n) is 2.57. The molecule has 0 heterocycles. The minimum absolute atomic E-state index is 0.178. The number of nitrogens with two attached hydrogens (primary N) is 2. The van der Waals surface area contributed by atoms with Crippen LogP contribution in [-0.2, 0) is 9.84 Å². The van der Waals surface area contributed by atoms with Gasteiger partial charge in [-0.05, 0) is 12.5 Å². The van der Waals surface area contributed by atoms with E-state index in [1.54, 1.807) is 0 Å². The van der Waals surface area contributed by atoms with Crippen LogP contribution in [0, 0.1) is 6.92 Å². The fraction of sp³-hybridized carbons (Fsp3) is 0.500. The van der Waals surface area contributed by atoms with Gasteiger partial charge in [-0.1, -0.05) is 29.8 Å². The third kappa shape index (κ3) is 1.99. The second-order valence-electron chi connectivity index (χ2n) is 4.95. The standard InChI is InChI=1S/C12H18N2O2S/c1-8-3-5-9(6-4-8)10-11(17(2,15)16)12(10,14)7-13/h3-6,10-11H,7,13-14H2,1-2H3/t10-,11+,12+/m1/s1. The zero-order chi connectivity index (χ0) is 12.8. The van der Waals surface area contributed by atoms with E-state index in [4.69, 9.17) is 11.5 Å². The van der Waals surface area contributed by atoms with Gasteiger partial charge >= 0.3 is 0 Å². The van der Waals surface area contributed by atoms with Crippen molar-refractivity contribution < 1.29 is 8.42 Å². The predicted molar refractivity (Wildman–Crippen MR) is 68.5 cm³/mol. The molecule has 0 radical (unpaired) electrons. The molecule has 0 saturated heterocycles. The van der Waals surface area contributed by atoms with Crippen molar-refractivity contribution in [2.75, 3.05) is 12.8 Å².